The molecule has 0 aliphatic heterocycles. The number of benzene rings is 1. The third kappa shape index (κ3) is 9.11. The molecule has 0 radical (unpaired) electrons. The van der Waals surface area contributed by atoms with E-state index in [-0.39, 0.29) is 105 Å². The number of hydrogen-bond acceptors (Lipinski definition) is 9. The Morgan fingerprint density at radius 2 is 1.34 bits per heavy atom. The van der Waals surface area contributed by atoms with Crippen LogP contribution in [0.1, 0.15) is 19.6 Å². The molecule has 0 spiro atoms. The van der Waals surface area contributed by atoms with Crippen LogP contribution in [0.3, 0.4) is 0 Å². The molecule has 0 bridgehead atoms. The zero-order valence-corrected chi connectivity index (χ0v) is 26.9. The fourth-order valence-corrected chi connectivity index (χ4v) is 4.65. The Bertz CT molecular complexity index is 1160. The van der Waals surface area contributed by atoms with Gasteiger partial charge < -0.3 is 9.42 Å². The molecule has 3 N–H and O–H groups in total. The molecule has 2 unspecified atom stereocenters. The van der Waals surface area contributed by atoms with Gasteiger partial charge in [-0.05, 0) is 45.0 Å². The molecule has 0 saturated heterocycles. The fraction of sp³-hybridized carbons (Fsp3) is 0.357. The summed E-state index contributed by atoms with van der Waals surface area (Å²) < 4.78 is 96.5. The van der Waals surface area contributed by atoms with Crippen LogP contribution in [-0.2, 0) is 30.3 Å². The van der Waals surface area contributed by atoms with Gasteiger partial charge in [-0.2, -0.15) is 16.8 Å². The minimum Gasteiger partial charge on any atom is -0.360 e. The molecule has 2 atom stereocenters. The van der Waals surface area contributed by atoms with Gasteiger partial charge in [-0.15, -0.1) is 0 Å². The van der Waals surface area contributed by atoms with Crippen molar-refractivity contribution in [2.75, 3.05) is 9.62 Å². The van der Waals surface area contributed by atoms with Gasteiger partial charge >= 0.3 is 88.7 Å². The summed E-state index contributed by atoms with van der Waals surface area (Å²) in [5.74, 6) is 0.334. The molecule has 0 saturated carbocycles. The van der Waals surface area contributed by atoms with Crippen LogP contribution in [0.15, 0.2) is 39.8 Å². The van der Waals surface area contributed by atoms with Gasteiger partial charge in [0.05, 0.1) is 4.90 Å². The SMILES string of the molecule is Cc1cc(NS(=O)(=O)c2ccc(N(C(C)S(=O)(=O)O)C(C)S(=O)(=O)O)cc2)no1.[Na+].[Na+].[Na+]. The Balaban J connectivity index is 0. The van der Waals surface area contributed by atoms with Crippen molar-refractivity contribution >= 4 is 41.8 Å². The largest absolute Gasteiger partial charge is 1.00 e. The Labute approximate surface area is 253 Å². The van der Waals surface area contributed by atoms with E-state index in [2.05, 4.69) is 9.88 Å². The van der Waals surface area contributed by atoms with E-state index >= 15 is 0 Å². The first-order valence-electron chi connectivity index (χ1n) is 7.90. The molecule has 0 amide bonds. The van der Waals surface area contributed by atoms with Crippen LogP contribution >= 0.6 is 0 Å². The van der Waals surface area contributed by atoms with Crippen molar-refractivity contribution in [2.24, 2.45) is 0 Å². The van der Waals surface area contributed by atoms with Crippen molar-refractivity contribution in [3.8, 4) is 0 Å². The molecule has 18 heteroatoms. The summed E-state index contributed by atoms with van der Waals surface area (Å²) in [5.41, 5.74) is -0.0727. The van der Waals surface area contributed by atoms with E-state index in [9.17, 15) is 34.4 Å². The average molecular weight is 538 g/mol. The van der Waals surface area contributed by atoms with Crippen molar-refractivity contribution in [1.82, 2.24) is 5.16 Å². The number of hydrogen-bond donors (Lipinski definition) is 3. The molecule has 1 heterocycles. The summed E-state index contributed by atoms with van der Waals surface area (Å²) in [6.07, 6.45) is 0. The van der Waals surface area contributed by atoms with Crippen LogP contribution in [0.2, 0.25) is 0 Å². The molecule has 2 aromatic rings. The number of rotatable bonds is 8. The number of nitrogens with one attached hydrogen (secondary N) is 1. The summed E-state index contributed by atoms with van der Waals surface area (Å²) in [6, 6.07) is 5.79. The molecule has 0 aliphatic carbocycles. The van der Waals surface area contributed by atoms with Gasteiger partial charge in [0, 0.05) is 11.8 Å². The third-order valence-corrected chi connectivity index (χ3v) is 7.51. The maximum atomic E-state index is 12.4. The quantitative estimate of drug-likeness (QED) is 0.214. The van der Waals surface area contributed by atoms with Crippen molar-refractivity contribution in [1.29, 1.82) is 0 Å². The Morgan fingerprint density at radius 3 is 1.69 bits per heavy atom. The van der Waals surface area contributed by atoms with Crippen LogP contribution in [0.25, 0.3) is 0 Å². The average Bonchev–Trinajstić information content (AvgIpc) is 2.98. The first-order valence-corrected chi connectivity index (χ1v) is 12.4. The van der Waals surface area contributed by atoms with Gasteiger partial charge in [-0.25, -0.2) is 8.42 Å². The first kappa shape index (κ1) is 35.0. The molecule has 1 aromatic carbocycles. The van der Waals surface area contributed by atoms with E-state index < -0.39 is 41.0 Å². The van der Waals surface area contributed by atoms with E-state index in [1.54, 1.807) is 6.92 Å². The van der Waals surface area contributed by atoms with Crippen LogP contribution in [-0.4, -0.2) is 50.3 Å². The number of anilines is 2. The standard InChI is InChI=1S/C14H19N3O9S3.3Na/c1-9-8-14(15-26-9)16-27(18,19)13-6-4-12(5-7-13)17(10(2)28(20,21)22)11(3)29(23,24)25;;;/h4-8,10-11H,1-3H3,(H,15,16)(H,20,21,22)(H,23,24,25);;;/q;3*+1. The molecular weight excluding hydrogens is 519 g/mol. The van der Waals surface area contributed by atoms with Gasteiger partial charge in [0.25, 0.3) is 30.3 Å². The normalized spacial score (nSPS) is 13.5. The van der Waals surface area contributed by atoms with Crippen LogP contribution < -0.4 is 98.3 Å². The number of aromatic nitrogens is 1. The second kappa shape index (κ2) is 13.2. The summed E-state index contributed by atoms with van der Waals surface area (Å²) in [7, 11) is -13.5. The van der Waals surface area contributed by atoms with Gasteiger partial charge in [0.15, 0.2) is 16.6 Å². The Kier molecular flexibility index (Phi) is 14.4. The zero-order chi connectivity index (χ0) is 22.2. The number of nitrogens with zero attached hydrogens (tertiary/aromatic N) is 2. The molecule has 1 aromatic heterocycles. The molecule has 32 heavy (non-hydrogen) atoms. The van der Waals surface area contributed by atoms with E-state index in [1.165, 1.54) is 6.07 Å². The molecule has 0 fully saturated rings. The predicted molar refractivity (Wildman–Crippen MR) is 103 cm³/mol. The maximum absolute atomic E-state index is 12.4. The number of aryl methyl sites for hydroxylation is 1. The predicted octanol–water partition coefficient (Wildman–Crippen LogP) is -7.93. The second-order valence-electron chi connectivity index (χ2n) is 6.06. The van der Waals surface area contributed by atoms with E-state index in [1.807, 2.05) is 0 Å². The summed E-state index contributed by atoms with van der Waals surface area (Å²) in [4.78, 5) is 0.482. The molecule has 162 valence electrons. The Morgan fingerprint density at radius 1 is 0.906 bits per heavy atom. The van der Waals surface area contributed by atoms with E-state index in [0.717, 1.165) is 43.0 Å². The van der Waals surface area contributed by atoms with Gasteiger partial charge in [-0.1, -0.05) is 5.16 Å². The minimum absolute atomic E-state index is 0. The zero-order valence-electron chi connectivity index (χ0n) is 18.4. The van der Waals surface area contributed by atoms with Crippen molar-refractivity contribution < 1.29 is 128 Å². The van der Waals surface area contributed by atoms with Crippen LogP contribution in [0.4, 0.5) is 11.5 Å². The molecule has 2 rings (SSSR count). The maximum Gasteiger partial charge on any atom is 1.00 e. The van der Waals surface area contributed by atoms with Crippen LogP contribution in [0, 0.1) is 6.92 Å². The number of sulfonamides is 1. The summed E-state index contributed by atoms with van der Waals surface area (Å²) in [6.45, 7) is 3.59. The second-order valence-corrected chi connectivity index (χ2v) is 11.2. The van der Waals surface area contributed by atoms with E-state index in [0.29, 0.717) is 5.76 Å². The minimum atomic E-state index is -4.73. The van der Waals surface area contributed by atoms with Gasteiger partial charge in [0.2, 0.25) is 0 Å². The van der Waals surface area contributed by atoms with Gasteiger partial charge in [-0.3, -0.25) is 13.8 Å². The van der Waals surface area contributed by atoms with Crippen molar-refractivity contribution in [3.05, 3.63) is 36.1 Å². The fourth-order valence-electron chi connectivity index (χ4n) is 2.41. The van der Waals surface area contributed by atoms with Crippen LogP contribution in [0.5, 0.6) is 0 Å². The molecule has 0 aliphatic rings. The Hall–Kier alpha value is 0.800. The summed E-state index contributed by atoms with van der Waals surface area (Å²) in [5, 5.41) is 0.00677. The smallest absolute Gasteiger partial charge is 0.360 e. The van der Waals surface area contributed by atoms with Gasteiger partial charge in [0.1, 0.15) is 5.76 Å². The third-order valence-electron chi connectivity index (χ3n) is 3.96. The van der Waals surface area contributed by atoms with Crippen molar-refractivity contribution in [2.45, 2.75) is 36.4 Å². The monoisotopic (exact) mass is 538 g/mol. The molecule has 12 nitrogen and oxygen atoms in total. The molecular formula is C14H19N3Na3O9S3+3. The first-order chi connectivity index (χ1) is 13.1. The van der Waals surface area contributed by atoms with Crippen molar-refractivity contribution in [3.63, 3.8) is 0 Å². The summed E-state index contributed by atoms with van der Waals surface area (Å²) >= 11 is 0. The topological polar surface area (TPSA) is 184 Å². The van der Waals surface area contributed by atoms with E-state index in [4.69, 9.17) is 4.52 Å².